The Morgan fingerprint density at radius 3 is 2.52 bits per heavy atom. The van der Waals surface area contributed by atoms with Crippen molar-refractivity contribution in [3.63, 3.8) is 0 Å². The molecule has 1 N–H and O–H groups in total. The Morgan fingerprint density at radius 2 is 1.76 bits per heavy atom. The number of sulfonamides is 1. The fourth-order valence-corrected chi connectivity index (χ4v) is 5.51. The Bertz CT molecular complexity index is 1240. The van der Waals surface area contributed by atoms with Gasteiger partial charge in [0.15, 0.2) is 0 Å². The lowest BCUT2D eigenvalue weighted by Crippen LogP contribution is -2.35. The second-order valence-electron chi connectivity index (χ2n) is 7.40. The number of hydrogen-bond donors (Lipinski definition) is 1. The second kappa shape index (κ2) is 10.3. The Hall–Kier alpha value is -3.02. The number of hydrogen-bond acceptors (Lipinski definition) is 8. The highest BCUT2D eigenvalue weighted by atomic mass is 32.2. The minimum absolute atomic E-state index is 0.0937. The first-order chi connectivity index (χ1) is 15.9. The fraction of sp³-hybridized carbons (Fsp3) is 0.273. The first-order valence-corrected chi connectivity index (χ1v) is 12.8. The van der Waals surface area contributed by atoms with Gasteiger partial charge < -0.3 is 4.42 Å². The van der Waals surface area contributed by atoms with E-state index >= 15 is 0 Å². The maximum absolute atomic E-state index is 12.9. The van der Waals surface area contributed by atoms with Crippen molar-refractivity contribution in [3.05, 3.63) is 60.2 Å². The van der Waals surface area contributed by atoms with Gasteiger partial charge in [0.25, 0.3) is 11.1 Å². The molecule has 1 aliphatic heterocycles. The lowest BCUT2D eigenvalue weighted by atomic mass is 10.2. The molecule has 0 spiro atoms. The van der Waals surface area contributed by atoms with Crippen molar-refractivity contribution in [2.45, 2.75) is 29.4 Å². The number of thioether (sulfide) groups is 1. The van der Waals surface area contributed by atoms with E-state index in [9.17, 15) is 18.0 Å². The Kier molecular flexibility index (Phi) is 7.21. The number of carbonyl (C=O) groups is 2. The van der Waals surface area contributed by atoms with Gasteiger partial charge in [0, 0.05) is 24.2 Å². The van der Waals surface area contributed by atoms with Gasteiger partial charge in [-0.15, -0.1) is 10.2 Å². The molecule has 2 heterocycles. The molecule has 9 nitrogen and oxygen atoms in total. The zero-order valence-corrected chi connectivity index (χ0v) is 19.3. The Morgan fingerprint density at radius 1 is 1.00 bits per heavy atom. The van der Waals surface area contributed by atoms with Crippen LogP contribution >= 0.6 is 11.8 Å². The lowest BCUT2D eigenvalue weighted by Gasteiger charge is -2.25. The zero-order chi connectivity index (χ0) is 23.3. The summed E-state index contributed by atoms with van der Waals surface area (Å²) >= 11 is 0.983. The van der Waals surface area contributed by atoms with E-state index in [1.165, 1.54) is 10.4 Å². The maximum atomic E-state index is 12.9. The summed E-state index contributed by atoms with van der Waals surface area (Å²) in [5.74, 6) is -0.930. The van der Waals surface area contributed by atoms with Crippen molar-refractivity contribution in [1.29, 1.82) is 0 Å². The minimum atomic E-state index is -3.59. The summed E-state index contributed by atoms with van der Waals surface area (Å²) in [5.41, 5.74) is 0.853. The molecule has 172 valence electrons. The van der Waals surface area contributed by atoms with Gasteiger partial charge in [-0.25, -0.2) is 8.42 Å². The van der Waals surface area contributed by atoms with Crippen molar-refractivity contribution in [1.82, 2.24) is 19.8 Å². The van der Waals surface area contributed by atoms with E-state index in [1.807, 2.05) is 0 Å². The topological polar surface area (TPSA) is 122 Å². The highest BCUT2D eigenvalue weighted by Gasteiger charge is 2.26. The Balaban J connectivity index is 1.39. The molecule has 0 unspecified atom stereocenters. The van der Waals surface area contributed by atoms with E-state index in [4.69, 9.17) is 4.42 Å². The molecule has 1 aromatic heterocycles. The lowest BCUT2D eigenvalue weighted by molar-refractivity contribution is -0.117. The maximum Gasteiger partial charge on any atom is 0.277 e. The average Bonchev–Trinajstić information content (AvgIpc) is 3.33. The molecule has 0 radical (unpaired) electrons. The predicted octanol–water partition coefficient (Wildman–Crippen LogP) is 2.96. The highest BCUT2D eigenvalue weighted by molar-refractivity contribution is 7.99. The molecule has 0 atom stereocenters. The quantitative estimate of drug-likeness (QED) is 0.506. The van der Waals surface area contributed by atoms with Crippen LogP contribution in [0.15, 0.2) is 69.1 Å². The highest BCUT2D eigenvalue weighted by Crippen LogP contribution is 2.27. The van der Waals surface area contributed by atoms with E-state index in [1.54, 1.807) is 48.5 Å². The van der Waals surface area contributed by atoms with Crippen LogP contribution in [0.2, 0.25) is 0 Å². The number of piperidine rings is 1. The van der Waals surface area contributed by atoms with Gasteiger partial charge in [0.05, 0.1) is 10.6 Å². The number of benzene rings is 2. The third-order valence-electron chi connectivity index (χ3n) is 5.06. The normalized spacial score (nSPS) is 14.7. The van der Waals surface area contributed by atoms with Crippen LogP contribution < -0.4 is 5.32 Å². The Labute approximate surface area is 195 Å². The summed E-state index contributed by atoms with van der Waals surface area (Å²) in [7, 11) is -3.59. The molecule has 11 heteroatoms. The van der Waals surface area contributed by atoms with Crippen molar-refractivity contribution in [2.75, 3.05) is 18.8 Å². The summed E-state index contributed by atoms with van der Waals surface area (Å²) < 4.78 is 32.9. The summed E-state index contributed by atoms with van der Waals surface area (Å²) in [6, 6.07) is 14.8. The largest absolute Gasteiger partial charge is 0.411 e. The first-order valence-electron chi connectivity index (χ1n) is 10.4. The summed E-state index contributed by atoms with van der Waals surface area (Å²) in [6.45, 7) is 1.03. The minimum Gasteiger partial charge on any atom is -0.411 e. The van der Waals surface area contributed by atoms with Gasteiger partial charge in [0.1, 0.15) is 0 Å². The molecule has 1 saturated heterocycles. The number of imide groups is 1. The van der Waals surface area contributed by atoms with Gasteiger partial charge in [-0.2, -0.15) is 4.31 Å². The average molecular weight is 487 g/mol. The number of aromatic nitrogens is 2. The molecule has 0 aliphatic carbocycles. The van der Waals surface area contributed by atoms with Gasteiger partial charge in [-0.1, -0.05) is 42.4 Å². The molecule has 1 aliphatic rings. The third-order valence-corrected chi connectivity index (χ3v) is 7.77. The van der Waals surface area contributed by atoms with Crippen molar-refractivity contribution < 1.29 is 22.4 Å². The van der Waals surface area contributed by atoms with Crippen LogP contribution in [0.3, 0.4) is 0 Å². The number of carbonyl (C=O) groups excluding carboxylic acids is 2. The van der Waals surface area contributed by atoms with Crippen LogP contribution in [0, 0.1) is 0 Å². The SMILES string of the molecule is O=C(CSc1nnc(-c2cccc(S(=O)(=O)N3CCCCC3)c2)o1)NC(=O)c1ccccc1. The van der Waals surface area contributed by atoms with Crippen LogP contribution in [0.4, 0.5) is 0 Å². The van der Waals surface area contributed by atoms with Crippen molar-refractivity contribution >= 4 is 33.6 Å². The molecule has 1 fully saturated rings. The van der Waals surface area contributed by atoms with E-state index in [0.717, 1.165) is 31.0 Å². The molecular weight excluding hydrogens is 464 g/mol. The van der Waals surface area contributed by atoms with Gasteiger partial charge in [-0.3, -0.25) is 14.9 Å². The van der Waals surface area contributed by atoms with Crippen LogP contribution in [0.5, 0.6) is 0 Å². The van der Waals surface area contributed by atoms with Crippen LogP contribution in [0.25, 0.3) is 11.5 Å². The van der Waals surface area contributed by atoms with Gasteiger partial charge in [0.2, 0.25) is 21.8 Å². The summed E-state index contributed by atoms with van der Waals surface area (Å²) in [5, 5.41) is 10.3. The molecular formula is C22H22N4O5S2. The van der Waals surface area contributed by atoms with Crippen molar-refractivity contribution in [3.8, 4) is 11.5 Å². The number of nitrogens with zero attached hydrogens (tertiary/aromatic N) is 3. The van der Waals surface area contributed by atoms with Gasteiger partial charge in [-0.05, 0) is 43.2 Å². The zero-order valence-electron chi connectivity index (χ0n) is 17.6. The van der Waals surface area contributed by atoms with E-state index in [-0.39, 0.29) is 21.8 Å². The van der Waals surface area contributed by atoms with Crippen LogP contribution in [-0.2, 0) is 14.8 Å². The molecule has 0 saturated carbocycles. The van der Waals surface area contributed by atoms with Crippen molar-refractivity contribution in [2.24, 2.45) is 0 Å². The number of nitrogens with one attached hydrogen (secondary N) is 1. The first kappa shape index (κ1) is 23.1. The van der Waals surface area contributed by atoms with Crippen LogP contribution in [0.1, 0.15) is 29.6 Å². The fourth-order valence-electron chi connectivity index (χ4n) is 3.38. The number of rotatable bonds is 7. The summed E-state index contributed by atoms with van der Waals surface area (Å²) in [6.07, 6.45) is 2.74. The molecule has 0 bridgehead atoms. The standard InChI is InChI=1S/C22H22N4O5S2/c27-19(23-20(28)16-8-3-1-4-9-16)15-32-22-25-24-21(31-22)17-10-7-11-18(14-17)33(29,30)26-12-5-2-6-13-26/h1,3-4,7-11,14H,2,5-6,12-13,15H2,(H,23,27,28). The molecule has 33 heavy (non-hydrogen) atoms. The monoisotopic (exact) mass is 486 g/mol. The van der Waals surface area contributed by atoms with Gasteiger partial charge >= 0.3 is 0 Å². The molecule has 2 amide bonds. The predicted molar refractivity (Wildman–Crippen MR) is 122 cm³/mol. The van der Waals surface area contributed by atoms with E-state index < -0.39 is 21.8 Å². The van der Waals surface area contributed by atoms with Crippen LogP contribution in [-0.4, -0.2) is 53.6 Å². The molecule has 4 rings (SSSR count). The molecule has 3 aromatic rings. The molecule has 2 aromatic carbocycles. The smallest absolute Gasteiger partial charge is 0.277 e. The van der Waals surface area contributed by atoms with E-state index in [0.29, 0.717) is 24.2 Å². The second-order valence-corrected chi connectivity index (χ2v) is 10.3. The third kappa shape index (κ3) is 5.67. The number of amides is 2. The van der Waals surface area contributed by atoms with E-state index in [2.05, 4.69) is 15.5 Å². The summed E-state index contributed by atoms with van der Waals surface area (Å²) in [4.78, 5) is 24.3.